The fourth-order valence-electron chi connectivity index (χ4n) is 1.56. The molecule has 0 spiro atoms. The highest BCUT2D eigenvalue weighted by molar-refractivity contribution is 5.69. The zero-order valence-corrected chi connectivity index (χ0v) is 9.66. The third-order valence-electron chi connectivity index (χ3n) is 2.31. The van der Waals surface area contributed by atoms with E-state index >= 15 is 0 Å². The number of halogens is 2. The number of rotatable bonds is 4. The zero-order chi connectivity index (χ0) is 14.9. The van der Waals surface area contributed by atoms with E-state index in [9.17, 15) is 23.7 Å². The molecule has 1 aromatic heterocycles. The van der Waals surface area contributed by atoms with Gasteiger partial charge in [-0.15, -0.1) is 5.10 Å². The molecule has 20 heavy (non-hydrogen) atoms. The summed E-state index contributed by atoms with van der Waals surface area (Å²) in [6.45, 7) is 0. The molecule has 1 heterocycles. The minimum absolute atomic E-state index is 0.0180. The van der Waals surface area contributed by atoms with E-state index in [-0.39, 0.29) is 5.69 Å². The Hall–Kier alpha value is -2.91. The number of hydrogen-bond acceptors (Lipinski definition) is 5. The number of carbonyl (C=O) groups is 1. The van der Waals surface area contributed by atoms with Gasteiger partial charge in [0.15, 0.2) is 11.5 Å². The van der Waals surface area contributed by atoms with Crippen molar-refractivity contribution in [3.05, 3.63) is 45.8 Å². The van der Waals surface area contributed by atoms with E-state index in [4.69, 9.17) is 5.11 Å². The highest BCUT2D eigenvalue weighted by Gasteiger charge is 2.23. The van der Waals surface area contributed by atoms with Gasteiger partial charge in [-0.3, -0.25) is 14.9 Å². The molecule has 8 nitrogen and oxygen atoms in total. The second kappa shape index (κ2) is 4.99. The first-order chi connectivity index (χ1) is 9.38. The Kier molecular flexibility index (Phi) is 3.37. The quantitative estimate of drug-likeness (QED) is 0.664. The molecule has 0 aliphatic carbocycles. The largest absolute Gasteiger partial charge is 0.481 e. The van der Waals surface area contributed by atoms with Crippen molar-refractivity contribution < 1.29 is 23.6 Å². The SMILES string of the molecule is O=C(O)Cc1cn(-c2c(F)cc(F)cc2[N+](=O)[O-])nn1. The molecule has 0 amide bonds. The minimum Gasteiger partial charge on any atom is -0.481 e. The summed E-state index contributed by atoms with van der Waals surface area (Å²) < 4.78 is 27.4. The molecule has 10 heteroatoms. The lowest BCUT2D eigenvalue weighted by molar-refractivity contribution is -0.385. The van der Waals surface area contributed by atoms with Crippen molar-refractivity contribution in [1.29, 1.82) is 0 Å². The number of carboxylic acids is 1. The van der Waals surface area contributed by atoms with Crippen LogP contribution in [0.15, 0.2) is 18.3 Å². The van der Waals surface area contributed by atoms with Crippen LogP contribution in [-0.2, 0) is 11.2 Å². The molecule has 0 unspecified atom stereocenters. The van der Waals surface area contributed by atoms with E-state index in [1.807, 2.05) is 0 Å². The molecular weight excluding hydrogens is 278 g/mol. The molecule has 0 aliphatic heterocycles. The molecule has 0 fully saturated rings. The number of nitro groups is 1. The lowest BCUT2D eigenvalue weighted by atomic mass is 10.2. The van der Waals surface area contributed by atoms with Crippen molar-refractivity contribution in [2.75, 3.05) is 0 Å². The summed E-state index contributed by atoms with van der Waals surface area (Å²) in [6.07, 6.45) is 0.550. The molecule has 0 bridgehead atoms. The molecule has 0 radical (unpaired) electrons. The van der Waals surface area contributed by atoms with Crippen LogP contribution in [-0.4, -0.2) is 31.0 Å². The van der Waals surface area contributed by atoms with Gasteiger partial charge in [0.05, 0.1) is 29.3 Å². The average Bonchev–Trinajstić information content (AvgIpc) is 2.74. The topological polar surface area (TPSA) is 111 Å². The van der Waals surface area contributed by atoms with Crippen LogP contribution in [0.2, 0.25) is 0 Å². The van der Waals surface area contributed by atoms with Gasteiger partial charge >= 0.3 is 11.7 Å². The molecule has 0 atom stereocenters. The Morgan fingerprint density at radius 2 is 2.15 bits per heavy atom. The number of nitro benzene ring substituents is 1. The molecule has 0 saturated carbocycles. The molecule has 0 aliphatic rings. The second-order valence-corrected chi connectivity index (χ2v) is 3.74. The first-order valence-corrected chi connectivity index (χ1v) is 5.15. The molecule has 104 valence electrons. The summed E-state index contributed by atoms with van der Waals surface area (Å²) in [7, 11) is 0. The smallest absolute Gasteiger partial charge is 0.309 e. The lowest BCUT2D eigenvalue weighted by Crippen LogP contribution is -2.05. The minimum atomic E-state index is -1.21. The average molecular weight is 284 g/mol. The van der Waals surface area contributed by atoms with Crippen LogP contribution in [0.25, 0.3) is 5.69 Å². The van der Waals surface area contributed by atoms with E-state index in [2.05, 4.69) is 10.3 Å². The van der Waals surface area contributed by atoms with Gasteiger partial charge in [0.25, 0.3) is 0 Å². The summed E-state index contributed by atoms with van der Waals surface area (Å²) in [5.74, 6) is -3.50. The monoisotopic (exact) mass is 284 g/mol. The third-order valence-corrected chi connectivity index (χ3v) is 2.31. The number of aromatic nitrogens is 3. The second-order valence-electron chi connectivity index (χ2n) is 3.74. The summed E-state index contributed by atoms with van der Waals surface area (Å²) in [4.78, 5) is 20.3. The molecule has 2 rings (SSSR count). The van der Waals surface area contributed by atoms with Crippen molar-refractivity contribution >= 4 is 11.7 Å². The molecule has 1 N–H and O–H groups in total. The predicted octanol–water partition coefficient (Wildman–Crippen LogP) is 1.08. The first kappa shape index (κ1) is 13.5. The maximum atomic E-state index is 13.7. The van der Waals surface area contributed by atoms with Gasteiger partial charge < -0.3 is 5.11 Å². The maximum absolute atomic E-state index is 13.7. The van der Waals surface area contributed by atoms with Crippen molar-refractivity contribution in [2.24, 2.45) is 0 Å². The Morgan fingerprint density at radius 3 is 2.75 bits per heavy atom. The van der Waals surface area contributed by atoms with Crippen LogP contribution >= 0.6 is 0 Å². The number of carboxylic acid groups (broad SMARTS) is 1. The number of benzene rings is 1. The number of nitrogens with zero attached hydrogens (tertiary/aromatic N) is 4. The van der Waals surface area contributed by atoms with Crippen LogP contribution in [0.3, 0.4) is 0 Å². The number of aliphatic carboxylic acids is 1. The van der Waals surface area contributed by atoms with E-state index < -0.39 is 40.3 Å². The normalized spacial score (nSPS) is 10.5. The maximum Gasteiger partial charge on any atom is 0.309 e. The number of hydrogen-bond donors (Lipinski definition) is 1. The Morgan fingerprint density at radius 1 is 1.45 bits per heavy atom. The van der Waals surface area contributed by atoms with E-state index in [0.29, 0.717) is 16.8 Å². The van der Waals surface area contributed by atoms with Crippen LogP contribution in [0.5, 0.6) is 0 Å². The summed E-state index contributed by atoms with van der Waals surface area (Å²) >= 11 is 0. The van der Waals surface area contributed by atoms with Gasteiger partial charge in [0.1, 0.15) is 5.82 Å². The van der Waals surface area contributed by atoms with Gasteiger partial charge in [-0.2, -0.15) is 0 Å². The molecule has 1 aromatic carbocycles. The van der Waals surface area contributed by atoms with Crippen LogP contribution in [0.1, 0.15) is 5.69 Å². The molecule has 2 aromatic rings. The summed E-state index contributed by atoms with van der Waals surface area (Å²) in [5.41, 5.74) is -1.47. The summed E-state index contributed by atoms with van der Waals surface area (Å²) in [6, 6.07) is 0.998. The highest BCUT2D eigenvalue weighted by Crippen LogP contribution is 2.26. The Bertz CT molecular complexity index is 701. The van der Waals surface area contributed by atoms with Gasteiger partial charge in [-0.05, 0) is 0 Å². The van der Waals surface area contributed by atoms with Crippen molar-refractivity contribution in [3.8, 4) is 5.69 Å². The summed E-state index contributed by atoms with van der Waals surface area (Å²) in [5, 5.41) is 26.2. The fourth-order valence-corrected chi connectivity index (χ4v) is 1.56. The fraction of sp³-hybridized carbons (Fsp3) is 0.100. The molecule has 0 saturated heterocycles. The van der Waals surface area contributed by atoms with Crippen LogP contribution < -0.4 is 0 Å². The van der Waals surface area contributed by atoms with Gasteiger partial charge in [0.2, 0.25) is 0 Å². The van der Waals surface area contributed by atoms with Crippen LogP contribution in [0.4, 0.5) is 14.5 Å². The predicted molar refractivity (Wildman–Crippen MR) is 59.3 cm³/mol. The standard InChI is InChI=1S/C10H6F2N4O4/c11-5-1-7(12)10(8(2-5)16(19)20)15-4-6(13-14-15)3-9(17)18/h1-2,4H,3H2,(H,17,18). The molecular formula is C10H6F2N4O4. The van der Waals surface area contributed by atoms with Gasteiger partial charge in [-0.1, -0.05) is 5.21 Å². The van der Waals surface area contributed by atoms with E-state index in [0.717, 1.165) is 6.20 Å². The van der Waals surface area contributed by atoms with E-state index in [1.54, 1.807) is 0 Å². The van der Waals surface area contributed by atoms with Crippen molar-refractivity contribution in [3.63, 3.8) is 0 Å². The van der Waals surface area contributed by atoms with Crippen molar-refractivity contribution in [1.82, 2.24) is 15.0 Å². The Labute approximate surface area is 109 Å². The Balaban J connectivity index is 2.54. The van der Waals surface area contributed by atoms with Gasteiger partial charge in [-0.25, -0.2) is 13.5 Å². The zero-order valence-electron chi connectivity index (χ0n) is 9.66. The first-order valence-electron chi connectivity index (χ1n) is 5.15. The third kappa shape index (κ3) is 2.58. The van der Waals surface area contributed by atoms with Crippen molar-refractivity contribution in [2.45, 2.75) is 6.42 Å². The van der Waals surface area contributed by atoms with Crippen LogP contribution in [0, 0.1) is 21.7 Å². The lowest BCUT2D eigenvalue weighted by Gasteiger charge is -2.03. The highest BCUT2D eigenvalue weighted by atomic mass is 19.1. The van der Waals surface area contributed by atoms with E-state index in [1.165, 1.54) is 0 Å². The van der Waals surface area contributed by atoms with Gasteiger partial charge in [0, 0.05) is 6.07 Å².